The highest BCUT2D eigenvalue weighted by molar-refractivity contribution is 5.26. The molecule has 0 saturated heterocycles. The molecule has 1 aromatic heterocycles. The Morgan fingerprint density at radius 2 is 1.82 bits per heavy atom. The highest BCUT2D eigenvalue weighted by Gasteiger charge is 2.37. The minimum Gasteiger partial charge on any atom is -0.320 e. The van der Waals surface area contributed by atoms with Crippen LogP contribution in [0.1, 0.15) is 36.8 Å². The Morgan fingerprint density at radius 1 is 1.29 bits per heavy atom. The molecule has 0 spiro atoms. The summed E-state index contributed by atoms with van der Waals surface area (Å²) in [6, 6.07) is -1.70. The van der Waals surface area contributed by atoms with Crippen LogP contribution in [0.15, 0.2) is 0 Å². The van der Waals surface area contributed by atoms with Gasteiger partial charge in [0, 0.05) is 11.7 Å². The number of rotatable bonds is 3. The second-order valence-electron chi connectivity index (χ2n) is 4.54. The van der Waals surface area contributed by atoms with E-state index >= 15 is 0 Å². The molecular weight excluding hydrogens is 231 g/mol. The predicted octanol–water partition coefficient (Wildman–Crippen LogP) is 2.51. The van der Waals surface area contributed by atoms with E-state index in [0.29, 0.717) is 11.3 Å². The summed E-state index contributed by atoms with van der Waals surface area (Å²) in [7, 11) is 0. The van der Waals surface area contributed by atoms with Crippen LogP contribution < -0.4 is 5.73 Å². The number of nitrogens with zero attached hydrogens (tertiary/aromatic N) is 2. The quantitative estimate of drug-likeness (QED) is 0.894. The molecule has 17 heavy (non-hydrogen) atoms. The van der Waals surface area contributed by atoms with E-state index in [1.54, 1.807) is 18.5 Å². The molecule has 0 amide bonds. The first-order chi connectivity index (χ1) is 7.64. The fourth-order valence-corrected chi connectivity index (χ4v) is 1.83. The lowest BCUT2D eigenvalue weighted by Gasteiger charge is -2.16. The van der Waals surface area contributed by atoms with Crippen molar-refractivity contribution in [3.05, 3.63) is 17.0 Å². The molecule has 0 aliphatic heterocycles. The Kier molecular flexibility index (Phi) is 3.86. The minimum atomic E-state index is -4.36. The summed E-state index contributed by atoms with van der Waals surface area (Å²) < 4.78 is 39.0. The van der Waals surface area contributed by atoms with Crippen LogP contribution in [0.5, 0.6) is 0 Å². The van der Waals surface area contributed by atoms with E-state index in [0.717, 1.165) is 5.69 Å². The highest BCUT2D eigenvalue weighted by atomic mass is 19.4. The average Bonchev–Trinajstić information content (AvgIpc) is 2.44. The van der Waals surface area contributed by atoms with Crippen molar-refractivity contribution in [1.29, 1.82) is 0 Å². The predicted molar refractivity (Wildman–Crippen MR) is 59.8 cm³/mol. The van der Waals surface area contributed by atoms with Gasteiger partial charge in [-0.1, -0.05) is 0 Å². The van der Waals surface area contributed by atoms with Gasteiger partial charge in [0.15, 0.2) is 0 Å². The first-order valence-corrected chi connectivity index (χ1v) is 5.51. The van der Waals surface area contributed by atoms with Crippen molar-refractivity contribution < 1.29 is 13.2 Å². The van der Waals surface area contributed by atoms with Gasteiger partial charge in [0.2, 0.25) is 0 Å². The highest BCUT2D eigenvalue weighted by Crippen LogP contribution is 2.25. The van der Waals surface area contributed by atoms with Crippen LogP contribution in [0.25, 0.3) is 0 Å². The van der Waals surface area contributed by atoms with Crippen molar-refractivity contribution in [3.8, 4) is 0 Å². The maximum Gasteiger partial charge on any atom is 0.403 e. The van der Waals surface area contributed by atoms with Crippen LogP contribution in [0.3, 0.4) is 0 Å². The molecule has 0 aromatic carbocycles. The van der Waals surface area contributed by atoms with Crippen molar-refractivity contribution in [2.24, 2.45) is 5.73 Å². The van der Waals surface area contributed by atoms with Crippen LogP contribution >= 0.6 is 0 Å². The number of nitrogens with two attached hydrogens (primary N) is 1. The zero-order chi connectivity index (χ0) is 13.4. The second kappa shape index (κ2) is 4.68. The van der Waals surface area contributed by atoms with Crippen LogP contribution in [-0.2, 0) is 6.42 Å². The monoisotopic (exact) mass is 249 g/mol. The standard InChI is InChI=1S/C11H18F3N3/c1-6(2)17-8(4)9(7(3)16-17)5-10(15)11(12,13)14/h6,10H,5,15H2,1-4H3. The van der Waals surface area contributed by atoms with Gasteiger partial charge >= 0.3 is 6.18 Å². The van der Waals surface area contributed by atoms with E-state index in [-0.39, 0.29) is 12.5 Å². The smallest absolute Gasteiger partial charge is 0.320 e. The van der Waals surface area contributed by atoms with E-state index in [4.69, 9.17) is 5.73 Å². The largest absolute Gasteiger partial charge is 0.403 e. The first-order valence-electron chi connectivity index (χ1n) is 5.51. The molecule has 1 atom stereocenters. The molecule has 0 radical (unpaired) electrons. The summed E-state index contributed by atoms with van der Waals surface area (Å²) in [6.45, 7) is 7.36. The average molecular weight is 249 g/mol. The van der Waals surface area contributed by atoms with Gasteiger partial charge in [0.1, 0.15) is 6.04 Å². The summed E-state index contributed by atoms with van der Waals surface area (Å²) in [5.41, 5.74) is 7.13. The maximum absolute atomic E-state index is 12.4. The summed E-state index contributed by atoms with van der Waals surface area (Å²) in [5, 5.41) is 4.24. The van der Waals surface area contributed by atoms with Gasteiger partial charge in [-0.15, -0.1) is 0 Å². The Bertz CT molecular complexity index is 393. The van der Waals surface area contributed by atoms with Gasteiger partial charge in [0.05, 0.1) is 5.69 Å². The molecule has 6 heteroatoms. The molecule has 0 aliphatic carbocycles. The van der Waals surface area contributed by atoms with Gasteiger partial charge in [-0.3, -0.25) is 4.68 Å². The topological polar surface area (TPSA) is 43.8 Å². The van der Waals surface area contributed by atoms with E-state index in [9.17, 15) is 13.2 Å². The fraction of sp³-hybridized carbons (Fsp3) is 0.727. The molecule has 1 unspecified atom stereocenters. The summed E-state index contributed by atoms with van der Waals surface area (Å²) in [5.74, 6) is 0. The Morgan fingerprint density at radius 3 is 2.18 bits per heavy atom. The van der Waals surface area contributed by atoms with Gasteiger partial charge in [-0.05, 0) is 39.7 Å². The van der Waals surface area contributed by atoms with E-state index < -0.39 is 12.2 Å². The van der Waals surface area contributed by atoms with Crippen LogP contribution in [-0.4, -0.2) is 22.0 Å². The molecule has 0 aliphatic rings. The van der Waals surface area contributed by atoms with E-state index in [1.165, 1.54) is 0 Å². The SMILES string of the molecule is Cc1nn(C(C)C)c(C)c1CC(N)C(F)(F)F. The summed E-state index contributed by atoms with van der Waals surface area (Å²) in [6.07, 6.45) is -4.58. The van der Waals surface area contributed by atoms with Crippen molar-refractivity contribution in [1.82, 2.24) is 9.78 Å². The molecule has 0 saturated carbocycles. The van der Waals surface area contributed by atoms with Gasteiger partial charge in [-0.2, -0.15) is 18.3 Å². The number of hydrogen-bond acceptors (Lipinski definition) is 2. The Balaban J connectivity index is 3.00. The van der Waals surface area contributed by atoms with Crippen LogP contribution in [0.4, 0.5) is 13.2 Å². The number of halogens is 3. The molecule has 1 aromatic rings. The van der Waals surface area contributed by atoms with Crippen molar-refractivity contribution in [3.63, 3.8) is 0 Å². The van der Waals surface area contributed by atoms with Gasteiger partial charge in [0.25, 0.3) is 0 Å². The number of aryl methyl sites for hydroxylation is 1. The lowest BCUT2D eigenvalue weighted by Crippen LogP contribution is -2.39. The zero-order valence-corrected chi connectivity index (χ0v) is 10.5. The molecule has 2 N–H and O–H groups in total. The van der Waals surface area contributed by atoms with Gasteiger partial charge < -0.3 is 5.73 Å². The number of alkyl halides is 3. The third kappa shape index (κ3) is 3.00. The molecule has 1 heterocycles. The normalized spacial score (nSPS) is 14.4. The Hall–Kier alpha value is -1.04. The molecule has 0 bridgehead atoms. The minimum absolute atomic E-state index is 0.129. The third-order valence-electron chi connectivity index (χ3n) is 2.81. The maximum atomic E-state index is 12.4. The second-order valence-corrected chi connectivity index (χ2v) is 4.54. The molecule has 98 valence electrons. The van der Waals surface area contributed by atoms with E-state index in [2.05, 4.69) is 5.10 Å². The van der Waals surface area contributed by atoms with Crippen molar-refractivity contribution in [2.75, 3.05) is 0 Å². The first kappa shape index (κ1) is 14.0. The van der Waals surface area contributed by atoms with Crippen molar-refractivity contribution in [2.45, 2.75) is 52.4 Å². The lowest BCUT2D eigenvalue weighted by atomic mass is 10.0. The van der Waals surface area contributed by atoms with Gasteiger partial charge in [-0.25, -0.2) is 0 Å². The number of hydrogen-bond donors (Lipinski definition) is 1. The van der Waals surface area contributed by atoms with E-state index in [1.807, 2.05) is 13.8 Å². The lowest BCUT2D eigenvalue weighted by molar-refractivity contribution is -0.147. The molecular formula is C11H18F3N3. The summed E-state index contributed by atoms with van der Waals surface area (Å²) in [4.78, 5) is 0. The zero-order valence-electron chi connectivity index (χ0n) is 10.5. The van der Waals surface area contributed by atoms with Crippen molar-refractivity contribution >= 4 is 0 Å². The summed E-state index contributed by atoms with van der Waals surface area (Å²) >= 11 is 0. The third-order valence-corrected chi connectivity index (χ3v) is 2.81. The van der Waals surface area contributed by atoms with Crippen LogP contribution in [0.2, 0.25) is 0 Å². The number of aromatic nitrogens is 2. The molecule has 0 fully saturated rings. The van der Waals surface area contributed by atoms with Crippen LogP contribution in [0, 0.1) is 13.8 Å². The Labute approximate surface area is 98.8 Å². The molecule has 1 rings (SSSR count). The molecule has 3 nitrogen and oxygen atoms in total. The fourth-order valence-electron chi connectivity index (χ4n) is 1.83.